The summed E-state index contributed by atoms with van der Waals surface area (Å²) in [4.78, 5) is 14.3. The maximum atomic E-state index is 4.82. The van der Waals surface area contributed by atoms with Crippen LogP contribution in [0.5, 0.6) is 0 Å². The van der Waals surface area contributed by atoms with E-state index in [0.29, 0.717) is 11.7 Å². The fraction of sp³-hybridized carbons (Fsp3) is 0.238. The van der Waals surface area contributed by atoms with Gasteiger partial charge in [0.05, 0.1) is 28.1 Å². The van der Waals surface area contributed by atoms with Gasteiger partial charge in [-0.25, -0.2) is 19.6 Å². The van der Waals surface area contributed by atoms with E-state index in [1.54, 1.807) is 11.8 Å². The van der Waals surface area contributed by atoms with Crippen LogP contribution in [-0.2, 0) is 5.75 Å². The monoisotopic (exact) mass is 373 g/mol. The molecule has 2 aromatic carbocycles. The third kappa shape index (κ3) is 3.32. The van der Waals surface area contributed by atoms with E-state index in [-0.39, 0.29) is 0 Å². The lowest BCUT2D eigenvalue weighted by Gasteiger charge is -2.05. The van der Waals surface area contributed by atoms with E-state index in [1.165, 1.54) is 12.8 Å². The topological polar surface area (TPSA) is 56.5 Å². The van der Waals surface area contributed by atoms with Gasteiger partial charge in [0.2, 0.25) is 5.16 Å². The second-order valence-corrected chi connectivity index (χ2v) is 7.75. The Bertz CT molecular complexity index is 1100. The van der Waals surface area contributed by atoms with Crippen LogP contribution >= 0.6 is 11.8 Å². The Morgan fingerprint density at radius 2 is 1.63 bits per heavy atom. The van der Waals surface area contributed by atoms with E-state index in [2.05, 4.69) is 17.1 Å². The third-order valence-corrected chi connectivity index (χ3v) is 5.59. The minimum atomic E-state index is 0.536. The molecule has 6 heteroatoms. The van der Waals surface area contributed by atoms with Crippen LogP contribution in [0.25, 0.3) is 16.7 Å². The van der Waals surface area contributed by atoms with Gasteiger partial charge >= 0.3 is 0 Å². The third-order valence-electron chi connectivity index (χ3n) is 4.74. The number of benzene rings is 2. The smallest absolute Gasteiger partial charge is 0.209 e. The molecule has 5 rings (SSSR count). The summed E-state index contributed by atoms with van der Waals surface area (Å²) in [6, 6.07) is 18.2. The summed E-state index contributed by atoms with van der Waals surface area (Å²) in [6.45, 7) is 2.01. The molecule has 1 fully saturated rings. The van der Waals surface area contributed by atoms with Crippen LogP contribution < -0.4 is 0 Å². The van der Waals surface area contributed by atoms with Crippen molar-refractivity contribution in [3.05, 3.63) is 71.8 Å². The fourth-order valence-corrected chi connectivity index (χ4v) is 3.96. The summed E-state index contributed by atoms with van der Waals surface area (Å²) >= 11 is 1.63. The molecule has 2 heterocycles. The van der Waals surface area contributed by atoms with Crippen molar-refractivity contribution in [3.8, 4) is 5.69 Å². The first-order valence-corrected chi connectivity index (χ1v) is 10.1. The summed E-state index contributed by atoms with van der Waals surface area (Å²) in [5, 5.41) is 5.57. The molecule has 0 amide bonds. The molecule has 134 valence electrons. The Hall–Kier alpha value is -2.73. The number of para-hydroxylation sites is 3. The van der Waals surface area contributed by atoms with Crippen LogP contribution in [0.1, 0.15) is 36.0 Å². The average Bonchev–Trinajstić information content (AvgIpc) is 3.46. The first kappa shape index (κ1) is 16.4. The number of nitrogens with zero attached hydrogens (tertiary/aromatic N) is 5. The van der Waals surface area contributed by atoms with E-state index in [0.717, 1.165) is 39.1 Å². The van der Waals surface area contributed by atoms with Gasteiger partial charge in [0, 0.05) is 11.7 Å². The van der Waals surface area contributed by atoms with E-state index in [4.69, 9.17) is 15.1 Å². The molecule has 1 aliphatic carbocycles. The number of hydrogen-bond donors (Lipinski definition) is 0. The second kappa shape index (κ2) is 6.78. The van der Waals surface area contributed by atoms with Crippen molar-refractivity contribution < 1.29 is 0 Å². The SMILES string of the molecule is Cc1nc2ccccc2nc1CSc1nc(C2CC2)n(-c2ccccc2)n1. The minimum Gasteiger partial charge on any atom is -0.250 e. The van der Waals surface area contributed by atoms with Gasteiger partial charge in [-0.15, -0.1) is 5.10 Å². The number of hydrogen-bond acceptors (Lipinski definition) is 5. The van der Waals surface area contributed by atoms with Crippen molar-refractivity contribution in [1.29, 1.82) is 0 Å². The molecule has 5 nitrogen and oxygen atoms in total. The van der Waals surface area contributed by atoms with Gasteiger partial charge < -0.3 is 0 Å². The standard InChI is InChI=1S/C21H19N5S/c1-14-19(23-18-10-6-5-9-17(18)22-14)13-27-21-24-20(15-11-12-15)26(25-21)16-7-3-2-4-8-16/h2-10,15H,11-13H2,1H3. The highest BCUT2D eigenvalue weighted by Crippen LogP contribution is 2.40. The van der Waals surface area contributed by atoms with Crippen molar-refractivity contribution in [2.24, 2.45) is 0 Å². The Morgan fingerprint density at radius 3 is 2.37 bits per heavy atom. The molecule has 0 spiro atoms. The molecule has 0 atom stereocenters. The first-order valence-electron chi connectivity index (χ1n) is 9.15. The molecule has 2 aromatic heterocycles. The molecule has 0 aliphatic heterocycles. The summed E-state index contributed by atoms with van der Waals surface area (Å²) in [6.07, 6.45) is 2.40. The van der Waals surface area contributed by atoms with E-state index >= 15 is 0 Å². The van der Waals surface area contributed by atoms with Crippen molar-refractivity contribution in [2.75, 3.05) is 0 Å². The highest BCUT2D eigenvalue weighted by molar-refractivity contribution is 7.98. The maximum absolute atomic E-state index is 4.82. The van der Waals surface area contributed by atoms with Crippen molar-refractivity contribution >= 4 is 22.8 Å². The highest BCUT2D eigenvalue weighted by atomic mass is 32.2. The molecule has 1 aliphatic rings. The molecule has 27 heavy (non-hydrogen) atoms. The molecular weight excluding hydrogens is 354 g/mol. The number of fused-ring (bicyclic) bond motifs is 1. The number of aryl methyl sites for hydroxylation is 1. The Morgan fingerprint density at radius 1 is 0.926 bits per heavy atom. The van der Waals surface area contributed by atoms with E-state index in [1.807, 2.05) is 54.1 Å². The highest BCUT2D eigenvalue weighted by Gasteiger charge is 2.30. The lowest BCUT2D eigenvalue weighted by molar-refractivity contribution is 0.782. The van der Waals surface area contributed by atoms with Crippen molar-refractivity contribution in [3.63, 3.8) is 0 Å². The lowest BCUT2D eigenvalue weighted by Crippen LogP contribution is -2.01. The molecule has 1 saturated carbocycles. The first-order chi connectivity index (χ1) is 13.3. The molecule has 0 bridgehead atoms. The molecule has 0 N–H and O–H groups in total. The van der Waals surface area contributed by atoms with Crippen LogP contribution in [0.2, 0.25) is 0 Å². The van der Waals surface area contributed by atoms with E-state index in [9.17, 15) is 0 Å². The predicted octanol–water partition coefficient (Wildman–Crippen LogP) is 4.69. The normalized spacial score (nSPS) is 14.0. The average molecular weight is 373 g/mol. The van der Waals surface area contributed by atoms with Gasteiger partial charge in [-0.1, -0.05) is 42.1 Å². The van der Waals surface area contributed by atoms with Crippen LogP contribution in [-0.4, -0.2) is 24.7 Å². The van der Waals surface area contributed by atoms with Gasteiger partial charge in [0.15, 0.2) is 0 Å². The zero-order valence-electron chi connectivity index (χ0n) is 15.0. The summed E-state index contributed by atoms with van der Waals surface area (Å²) < 4.78 is 2.00. The number of thioether (sulfide) groups is 1. The van der Waals surface area contributed by atoms with Gasteiger partial charge in [0.25, 0.3) is 0 Å². The second-order valence-electron chi connectivity index (χ2n) is 6.81. The zero-order chi connectivity index (χ0) is 18.2. The van der Waals surface area contributed by atoms with Crippen molar-refractivity contribution in [1.82, 2.24) is 24.7 Å². The maximum Gasteiger partial charge on any atom is 0.209 e. The number of rotatable bonds is 5. The Balaban J connectivity index is 1.42. The van der Waals surface area contributed by atoms with Crippen LogP contribution in [0.4, 0.5) is 0 Å². The Kier molecular flexibility index (Phi) is 4.13. The van der Waals surface area contributed by atoms with Crippen LogP contribution in [0, 0.1) is 6.92 Å². The lowest BCUT2D eigenvalue weighted by atomic mass is 10.2. The summed E-state index contributed by atoms with van der Waals surface area (Å²) in [7, 11) is 0. The Labute approximate surface area is 161 Å². The van der Waals surface area contributed by atoms with Gasteiger partial charge in [-0.2, -0.15) is 0 Å². The van der Waals surface area contributed by atoms with Crippen molar-refractivity contribution in [2.45, 2.75) is 36.6 Å². The molecule has 0 saturated heterocycles. The number of aromatic nitrogens is 5. The molecule has 0 radical (unpaired) electrons. The fourth-order valence-electron chi connectivity index (χ4n) is 3.12. The molecule has 0 unspecified atom stereocenters. The summed E-state index contributed by atoms with van der Waals surface area (Å²) in [5.41, 5.74) is 4.89. The summed E-state index contributed by atoms with van der Waals surface area (Å²) in [5.74, 6) is 2.33. The zero-order valence-corrected chi connectivity index (χ0v) is 15.9. The minimum absolute atomic E-state index is 0.536. The van der Waals surface area contributed by atoms with Crippen LogP contribution in [0.3, 0.4) is 0 Å². The largest absolute Gasteiger partial charge is 0.250 e. The van der Waals surface area contributed by atoms with Gasteiger partial charge in [-0.05, 0) is 44.0 Å². The predicted molar refractivity (Wildman–Crippen MR) is 107 cm³/mol. The van der Waals surface area contributed by atoms with Crippen LogP contribution in [0.15, 0.2) is 59.8 Å². The van der Waals surface area contributed by atoms with Gasteiger partial charge in [0.1, 0.15) is 5.82 Å². The van der Waals surface area contributed by atoms with E-state index < -0.39 is 0 Å². The molecular formula is C21H19N5S. The molecule has 4 aromatic rings. The van der Waals surface area contributed by atoms with Gasteiger partial charge in [-0.3, -0.25) is 0 Å². The quantitative estimate of drug-likeness (QED) is 0.475.